The molecule has 1 N–H and O–H groups in total. The van der Waals surface area contributed by atoms with Crippen molar-refractivity contribution in [1.29, 1.82) is 0 Å². The molecule has 0 aliphatic rings. The first-order valence-corrected chi connectivity index (χ1v) is 3.06. The van der Waals surface area contributed by atoms with E-state index in [1.165, 1.54) is 0 Å². The molecule has 0 bridgehead atoms. The summed E-state index contributed by atoms with van der Waals surface area (Å²) in [6.07, 6.45) is 0. The van der Waals surface area contributed by atoms with E-state index in [1.54, 1.807) is 0 Å². The summed E-state index contributed by atoms with van der Waals surface area (Å²) in [6, 6.07) is 0. The van der Waals surface area contributed by atoms with E-state index < -0.39 is 7.82 Å². The number of phosphoric acid groups is 1. The van der Waals surface area contributed by atoms with Gasteiger partial charge in [0, 0.05) is 14.2 Å². The summed E-state index contributed by atoms with van der Waals surface area (Å²) in [4.78, 5) is 8.24. The third-order valence-corrected chi connectivity index (χ3v) is 1.38. The Morgan fingerprint density at radius 1 is 1.20 bits per heavy atom. The molecular formula is C2H13Mg3O4P. The standard InChI is InChI=1S/C2H7O4P.3Mg.6H/c1-5-7(3,4)6-2;;;;;;;;;/h1-2H3,(H,3,4);;;;;;;;;/q;3*+2;6*-1. The molecule has 56 valence electrons. The van der Waals surface area contributed by atoms with Crippen LogP contribution in [0.4, 0.5) is 0 Å². The van der Waals surface area contributed by atoms with E-state index in [0.717, 1.165) is 14.2 Å². The van der Waals surface area contributed by atoms with Gasteiger partial charge in [0.2, 0.25) is 0 Å². The smallest absolute Gasteiger partial charge is 1.00 e. The molecule has 0 radical (unpaired) electrons. The Bertz CT molecular complexity index is 106. The van der Waals surface area contributed by atoms with Gasteiger partial charge in [-0.25, -0.2) is 4.57 Å². The molecule has 0 fully saturated rings. The zero-order chi connectivity index (χ0) is 5.91. The second kappa shape index (κ2) is 11.4. The van der Waals surface area contributed by atoms with E-state index in [9.17, 15) is 4.57 Å². The van der Waals surface area contributed by atoms with Crippen molar-refractivity contribution in [2.45, 2.75) is 0 Å². The average molecular weight is 205 g/mol. The van der Waals surface area contributed by atoms with E-state index in [1.807, 2.05) is 0 Å². The summed E-state index contributed by atoms with van der Waals surface area (Å²) in [7, 11) is -1.45. The third kappa shape index (κ3) is 13.0. The minimum absolute atomic E-state index is 0. The van der Waals surface area contributed by atoms with Gasteiger partial charge in [0.05, 0.1) is 0 Å². The first kappa shape index (κ1) is 22.8. The van der Waals surface area contributed by atoms with Crippen LogP contribution in [0.15, 0.2) is 0 Å². The fourth-order valence-electron chi connectivity index (χ4n) is 0.0745. The van der Waals surface area contributed by atoms with E-state index in [4.69, 9.17) is 4.89 Å². The molecule has 0 aromatic carbocycles. The molecule has 0 aliphatic heterocycles. The molecule has 4 nitrogen and oxygen atoms in total. The van der Waals surface area contributed by atoms with Gasteiger partial charge in [-0.05, 0) is 0 Å². The van der Waals surface area contributed by atoms with Gasteiger partial charge in [0.15, 0.2) is 0 Å². The van der Waals surface area contributed by atoms with Crippen LogP contribution in [-0.2, 0) is 13.6 Å². The van der Waals surface area contributed by atoms with Gasteiger partial charge in [-0.1, -0.05) is 0 Å². The predicted octanol–water partition coefficient (Wildman–Crippen LogP) is -0.0878. The molecule has 0 spiro atoms. The molecular weight excluding hydrogens is 192 g/mol. The largest absolute Gasteiger partial charge is 2.00 e. The molecule has 0 heterocycles. The van der Waals surface area contributed by atoms with Crippen molar-refractivity contribution in [3.05, 3.63) is 0 Å². The Balaban J connectivity index is -0.00000000500. The van der Waals surface area contributed by atoms with Crippen LogP contribution in [0.25, 0.3) is 0 Å². The van der Waals surface area contributed by atoms with E-state index in [0.29, 0.717) is 0 Å². The first-order valence-electron chi connectivity index (χ1n) is 1.56. The van der Waals surface area contributed by atoms with Crippen molar-refractivity contribution in [1.82, 2.24) is 0 Å². The molecule has 0 rings (SSSR count). The van der Waals surface area contributed by atoms with Gasteiger partial charge < -0.3 is 13.5 Å². The Morgan fingerprint density at radius 2 is 1.40 bits per heavy atom. The molecule has 0 aromatic rings. The zero-order valence-corrected chi connectivity index (χ0v) is 11.4. The number of hydrogen-bond acceptors (Lipinski definition) is 3. The molecule has 0 unspecified atom stereocenters. The monoisotopic (exact) mass is 204 g/mol. The van der Waals surface area contributed by atoms with Crippen LogP contribution in [0.2, 0.25) is 0 Å². The quantitative estimate of drug-likeness (QED) is 0.505. The molecule has 0 aromatic heterocycles. The molecule has 8 heteroatoms. The van der Waals surface area contributed by atoms with Crippen molar-refractivity contribution in [3.63, 3.8) is 0 Å². The van der Waals surface area contributed by atoms with Crippen LogP contribution in [0, 0.1) is 0 Å². The number of rotatable bonds is 2. The summed E-state index contributed by atoms with van der Waals surface area (Å²) in [6.45, 7) is 0. The maximum absolute atomic E-state index is 10.1. The van der Waals surface area contributed by atoms with Crippen LogP contribution in [0.3, 0.4) is 0 Å². The Labute approximate surface area is 117 Å². The second-order valence-electron chi connectivity index (χ2n) is 0.834. The minimum Gasteiger partial charge on any atom is -1.00 e. The Kier molecular flexibility index (Phi) is 26.1. The molecule has 0 saturated carbocycles. The maximum Gasteiger partial charge on any atom is 2.00 e. The molecule has 0 saturated heterocycles. The van der Waals surface area contributed by atoms with Crippen LogP contribution in [0.5, 0.6) is 0 Å². The molecule has 10 heavy (non-hydrogen) atoms. The predicted molar refractivity (Wildman–Crippen MR) is 47.8 cm³/mol. The van der Waals surface area contributed by atoms with Crippen LogP contribution in [-0.4, -0.2) is 88.3 Å². The van der Waals surface area contributed by atoms with Crippen LogP contribution < -0.4 is 0 Å². The Morgan fingerprint density at radius 3 is 1.40 bits per heavy atom. The molecule has 0 atom stereocenters. The summed E-state index contributed by atoms with van der Waals surface area (Å²) in [5, 5.41) is 0. The van der Waals surface area contributed by atoms with Crippen LogP contribution >= 0.6 is 7.82 Å². The van der Waals surface area contributed by atoms with Crippen molar-refractivity contribution in [3.8, 4) is 0 Å². The fraction of sp³-hybridized carbons (Fsp3) is 1.00. The maximum atomic E-state index is 10.1. The average Bonchev–Trinajstić information content (AvgIpc) is 1.68. The van der Waals surface area contributed by atoms with Gasteiger partial charge >= 0.3 is 77.0 Å². The van der Waals surface area contributed by atoms with Gasteiger partial charge in [0.25, 0.3) is 0 Å². The summed E-state index contributed by atoms with van der Waals surface area (Å²) >= 11 is 0. The van der Waals surface area contributed by atoms with Crippen molar-refractivity contribution >= 4 is 77.0 Å². The van der Waals surface area contributed by atoms with Crippen molar-refractivity contribution < 1.29 is 27.1 Å². The Hall–Kier alpha value is 2.41. The van der Waals surface area contributed by atoms with Crippen molar-refractivity contribution in [2.75, 3.05) is 14.2 Å². The van der Waals surface area contributed by atoms with Gasteiger partial charge in [0.1, 0.15) is 0 Å². The van der Waals surface area contributed by atoms with Gasteiger partial charge in [-0.2, -0.15) is 0 Å². The third-order valence-electron chi connectivity index (χ3n) is 0.461. The number of phosphoric ester groups is 1. The minimum atomic E-state index is -3.65. The van der Waals surface area contributed by atoms with Gasteiger partial charge in [-0.15, -0.1) is 0 Å². The summed E-state index contributed by atoms with van der Waals surface area (Å²) < 4.78 is 18.0. The van der Waals surface area contributed by atoms with Gasteiger partial charge in [-0.3, -0.25) is 9.05 Å². The normalized spacial score (nSPS) is 8.30. The fourth-order valence-corrected chi connectivity index (χ4v) is 0.224. The zero-order valence-electron chi connectivity index (χ0n) is 12.2. The van der Waals surface area contributed by atoms with E-state index in [-0.39, 0.29) is 77.7 Å². The van der Waals surface area contributed by atoms with Crippen LogP contribution in [0.1, 0.15) is 8.56 Å². The SMILES string of the molecule is COP(=O)(O)OC.[H-].[H-].[H-].[H-].[H-].[H-].[Mg+2].[Mg+2].[Mg+2]. The summed E-state index contributed by atoms with van der Waals surface area (Å²) in [5.74, 6) is 0. The first-order chi connectivity index (χ1) is 3.12. The van der Waals surface area contributed by atoms with Crippen molar-refractivity contribution in [2.24, 2.45) is 0 Å². The number of hydrogen-bond donors (Lipinski definition) is 1. The van der Waals surface area contributed by atoms with E-state index in [2.05, 4.69) is 9.05 Å². The molecule has 0 amide bonds. The summed E-state index contributed by atoms with van der Waals surface area (Å²) in [5.41, 5.74) is 0. The topological polar surface area (TPSA) is 55.8 Å². The van der Waals surface area contributed by atoms with E-state index >= 15 is 0 Å². The second-order valence-corrected chi connectivity index (χ2v) is 2.50. The molecule has 0 aliphatic carbocycles.